The van der Waals surface area contributed by atoms with Gasteiger partial charge in [0.2, 0.25) is 0 Å². The number of fused-ring (bicyclic) bond motifs is 2. The van der Waals surface area contributed by atoms with Crippen molar-refractivity contribution in [2.45, 2.75) is 32.9 Å². The lowest BCUT2D eigenvalue weighted by Crippen LogP contribution is -2.29. The van der Waals surface area contributed by atoms with Crippen molar-refractivity contribution in [3.63, 3.8) is 0 Å². The van der Waals surface area contributed by atoms with Crippen molar-refractivity contribution in [1.29, 1.82) is 0 Å². The average Bonchev–Trinajstić information content (AvgIpc) is 3.27. The molecule has 0 saturated carbocycles. The summed E-state index contributed by atoms with van der Waals surface area (Å²) < 4.78 is 5.26. The first-order valence-corrected chi connectivity index (χ1v) is 11.7. The molecule has 8 heteroatoms. The number of aliphatic carboxylic acids is 1. The van der Waals surface area contributed by atoms with Crippen LogP contribution in [0.4, 0.5) is 0 Å². The van der Waals surface area contributed by atoms with E-state index >= 15 is 0 Å². The van der Waals surface area contributed by atoms with Crippen LogP contribution in [0.1, 0.15) is 34.8 Å². The molecule has 2 aromatic carbocycles. The number of rotatable bonds is 6. The van der Waals surface area contributed by atoms with Crippen molar-refractivity contribution < 1.29 is 9.90 Å². The lowest BCUT2D eigenvalue weighted by atomic mass is 10.0. The van der Waals surface area contributed by atoms with Crippen LogP contribution in [-0.2, 0) is 18.4 Å². The van der Waals surface area contributed by atoms with Crippen LogP contribution in [0.25, 0.3) is 22.1 Å². The zero-order chi connectivity index (χ0) is 24.9. The highest BCUT2D eigenvalue weighted by Crippen LogP contribution is 2.29. The zero-order valence-corrected chi connectivity index (χ0v) is 20.5. The Hall–Kier alpha value is -3.84. The minimum atomic E-state index is -1.00. The standard InChI is InChI=1S/C27H25ClN4O3/c1-16-5-4-6-21-25(16)19(14-30(21)3)15-31-22-12-7-17(2)29-26(22)32(27(31)35)23(13-24(33)34)18-8-10-20(28)11-9-18/h4-12,14,23H,13,15H2,1-3H3,(H,33,34)/t23-/m1/s1. The largest absolute Gasteiger partial charge is 0.481 e. The first-order chi connectivity index (χ1) is 16.7. The van der Waals surface area contributed by atoms with Gasteiger partial charge < -0.3 is 9.67 Å². The maximum Gasteiger partial charge on any atom is 0.331 e. The smallest absolute Gasteiger partial charge is 0.331 e. The van der Waals surface area contributed by atoms with E-state index in [1.165, 1.54) is 4.57 Å². The van der Waals surface area contributed by atoms with Crippen LogP contribution in [0.2, 0.25) is 5.02 Å². The maximum absolute atomic E-state index is 14.0. The summed E-state index contributed by atoms with van der Waals surface area (Å²) in [6.07, 6.45) is 1.78. The third-order valence-electron chi connectivity index (χ3n) is 6.51. The number of pyridine rings is 1. The second-order valence-corrected chi connectivity index (χ2v) is 9.37. The number of carboxylic acids is 1. The van der Waals surface area contributed by atoms with Gasteiger partial charge in [0.25, 0.3) is 0 Å². The Kier molecular flexibility index (Phi) is 5.73. The van der Waals surface area contributed by atoms with Gasteiger partial charge in [-0.05, 0) is 60.9 Å². The van der Waals surface area contributed by atoms with Crippen molar-refractivity contribution in [2.24, 2.45) is 7.05 Å². The van der Waals surface area contributed by atoms with Crippen molar-refractivity contribution >= 4 is 39.6 Å². The molecule has 5 aromatic rings. The number of hydrogen-bond acceptors (Lipinski definition) is 3. The van der Waals surface area contributed by atoms with Gasteiger partial charge in [0.05, 0.1) is 24.5 Å². The molecule has 3 heterocycles. The highest BCUT2D eigenvalue weighted by molar-refractivity contribution is 6.30. The summed E-state index contributed by atoms with van der Waals surface area (Å²) in [6.45, 7) is 4.26. The quantitative estimate of drug-likeness (QED) is 0.361. The van der Waals surface area contributed by atoms with Gasteiger partial charge in [-0.1, -0.05) is 35.9 Å². The zero-order valence-electron chi connectivity index (χ0n) is 19.7. The van der Waals surface area contributed by atoms with Crippen LogP contribution in [0.15, 0.2) is 65.6 Å². The molecular weight excluding hydrogens is 464 g/mol. The number of carbonyl (C=O) groups is 1. The lowest BCUT2D eigenvalue weighted by Gasteiger charge is -2.17. The first-order valence-electron chi connectivity index (χ1n) is 11.3. The third kappa shape index (κ3) is 4.02. The first kappa shape index (κ1) is 22.9. The Morgan fingerprint density at radius 3 is 2.51 bits per heavy atom. The SMILES string of the molecule is Cc1ccc2c(n1)n([C@H](CC(=O)O)c1ccc(Cl)cc1)c(=O)n2Cc1cn(C)c2cccc(C)c12. The Morgan fingerprint density at radius 1 is 1.06 bits per heavy atom. The molecule has 7 nitrogen and oxygen atoms in total. The molecule has 178 valence electrons. The van der Waals surface area contributed by atoms with Gasteiger partial charge >= 0.3 is 11.7 Å². The number of nitrogens with zero attached hydrogens (tertiary/aromatic N) is 4. The second kappa shape index (κ2) is 8.74. The number of carboxylic acid groups (broad SMARTS) is 1. The normalized spacial score (nSPS) is 12.5. The van der Waals surface area contributed by atoms with Gasteiger partial charge in [0, 0.05) is 34.9 Å². The summed E-state index contributed by atoms with van der Waals surface area (Å²) in [7, 11) is 1.99. The monoisotopic (exact) mass is 488 g/mol. The fourth-order valence-electron chi connectivity index (χ4n) is 4.91. The van der Waals surface area contributed by atoms with Crippen molar-refractivity contribution in [2.75, 3.05) is 0 Å². The molecule has 0 saturated heterocycles. The minimum absolute atomic E-state index is 0.260. The van der Waals surface area contributed by atoms with E-state index in [-0.39, 0.29) is 12.1 Å². The van der Waals surface area contributed by atoms with E-state index in [0.717, 1.165) is 27.7 Å². The molecule has 0 aliphatic carbocycles. The number of hydrogen-bond donors (Lipinski definition) is 1. The summed E-state index contributed by atoms with van der Waals surface area (Å²) in [5.41, 5.74) is 5.50. The molecule has 1 N–H and O–H groups in total. The lowest BCUT2D eigenvalue weighted by molar-refractivity contribution is -0.137. The molecule has 0 aliphatic rings. The van der Waals surface area contributed by atoms with E-state index in [9.17, 15) is 14.7 Å². The van der Waals surface area contributed by atoms with E-state index in [1.54, 1.807) is 28.8 Å². The van der Waals surface area contributed by atoms with Crippen LogP contribution in [-0.4, -0.2) is 29.8 Å². The summed E-state index contributed by atoms with van der Waals surface area (Å²) in [5.74, 6) is -1.00. The van der Waals surface area contributed by atoms with E-state index in [0.29, 0.717) is 28.3 Å². The van der Waals surface area contributed by atoms with Gasteiger partial charge in [-0.15, -0.1) is 0 Å². The second-order valence-electron chi connectivity index (χ2n) is 8.93. The van der Waals surface area contributed by atoms with E-state index in [1.807, 2.05) is 38.4 Å². The summed E-state index contributed by atoms with van der Waals surface area (Å²) in [4.78, 5) is 30.5. The third-order valence-corrected chi connectivity index (χ3v) is 6.77. The number of halogens is 1. The molecule has 1 atom stereocenters. The highest BCUT2D eigenvalue weighted by atomic mass is 35.5. The van der Waals surface area contributed by atoms with E-state index in [2.05, 4.69) is 28.6 Å². The van der Waals surface area contributed by atoms with E-state index < -0.39 is 12.0 Å². The molecule has 0 unspecified atom stereocenters. The Balaban J connectivity index is 1.74. The summed E-state index contributed by atoms with van der Waals surface area (Å²) in [6, 6.07) is 16.1. The van der Waals surface area contributed by atoms with Gasteiger partial charge in [0.15, 0.2) is 5.65 Å². The fraction of sp³-hybridized carbons (Fsp3) is 0.222. The summed E-state index contributed by atoms with van der Waals surface area (Å²) in [5, 5.41) is 11.4. The van der Waals surface area contributed by atoms with Gasteiger partial charge in [-0.3, -0.25) is 13.9 Å². The Bertz CT molecular complexity index is 1640. The molecule has 5 rings (SSSR count). The van der Waals surface area contributed by atoms with Crippen LogP contribution < -0.4 is 5.69 Å². The van der Waals surface area contributed by atoms with Gasteiger partial charge in [-0.2, -0.15) is 0 Å². The van der Waals surface area contributed by atoms with Gasteiger partial charge in [0.1, 0.15) is 0 Å². The van der Waals surface area contributed by atoms with Crippen LogP contribution in [0.3, 0.4) is 0 Å². The molecule has 3 aromatic heterocycles. The predicted octanol–water partition coefficient (Wildman–Crippen LogP) is 5.07. The fourth-order valence-corrected chi connectivity index (χ4v) is 5.04. The van der Waals surface area contributed by atoms with Crippen LogP contribution in [0, 0.1) is 13.8 Å². The molecule has 0 spiro atoms. The Morgan fingerprint density at radius 2 is 1.80 bits per heavy atom. The molecule has 0 amide bonds. The predicted molar refractivity (Wildman–Crippen MR) is 137 cm³/mol. The number of benzene rings is 2. The minimum Gasteiger partial charge on any atom is -0.481 e. The maximum atomic E-state index is 14.0. The van der Waals surface area contributed by atoms with Crippen molar-refractivity contribution in [3.8, 4) is 0 Å². The van der Waals surface area contributed by atoms with E-state index in [4.69, 9.17) is 11.6 Å². The molecule has 35 heavy (non-hydrogen) atoms. The highest BCUT2D eigenvalue weighted by Gasteiger charge is 2.26. The topological polar surface area (TPSA) is 82.1 Å². The van der Waals surface area contributed by atoms with Crippen molar-refractivity contribution in [3.05, 3.63) is 98.7 Å². The number of aromatic nitrogens is 4. The summed E-state index contributed by atoms with van der Waals surface area (Å²) >= 11 is 6.07. The molecule has 0 bridgehead atoms. The molecule has 0 aliphatic heterocycles. The number of aryl methyl sites for hydroxylation is 3. The van der Waals surface area contributed by atoms with Crippen LogP contribution >= 0.6 is 11.6 Å². The molecular formula is C27H25ClN4O3. The van der Waals surface area contributed by atoms with Gasteiger partial charge in [-0.25, -0.2) is 9.78 Å². The average molecular weight is 489 g/mol. The number of imidazole rings is 1. The Labute approximate surface area is 206 Å². The molecule has 0 fully saturated rings. The van der Waals surface area contributed by atoms with Crippen LogP contribution in [0.5, 0.6) is 0 Å². The van der Waals surface area contributed by atoms with Crippen molar-refractivity contribution in [1.82, 2.24) is 18.7 Å². The molecule has 0 radical (unpaired) electrons.